The molecule has 1 N–H and O–H groups in total. The van der Waals surface area contributed by atoms with Crippen molar-refractivity contribution in [1.29, 1.82) is 0 Å². The highest BCUT2D eigenvalue weighted by Gasteiger charge is 2.18. The molecule has 1 aliphatic heterocycles. The molecule has 0 spiro atoms. The number of piperazine rings is 1. The van der Waals surface area contributed by atoms with Crippen molar-refractivity contribution in [1.82, 2.24) is 10.3 Å². The van der Waals surface area contributed by atoms with E-state index in [1.165, 1.54) is 0 Å². The quantitative estimate of drug-likeness (QED) is 0.822. The van der Waals surface area contributed by atoms with Crippen LogP contribution in [0.25, 0.3) is 0 Å². The predicted octanol–water partition coefficient (Wildman–Crippen LogP) is 1.72. The highest BCUT2D eigenvalue weighted by molar-refractivity contribution is 5.85. The van der Waals surface area contributed by atoms with Crippen molar-refractivity contribution >= 4 is 30.6 Å². The summed E-state index contributed by atoms with van der Waals surface area (Å²) in [6.45, 7) is 5.39. The SMILES string of the molecule is C[C@H]1CNCCN1c1ccccn1.Cl.Cl. The van der Waals surface area contributed by atoms with Crippen LogP contribution in [0.5, 0.6) is 0 Å². The Morgan fingerprint density at radius 3 is 2.80 bits per heavy atom. The molecule has 5 heteroatoms. The molecule has 0 unspecified atom stereocenters. The average Bonchev–Trinajstić information content (AvgIpc) is 2.20. The second-order valence-electron chi connectivity index (χ2n) is 3.43. The molecule has 86 valence electrons. The molecule has 1 aliphatic rings. The van der Waals surface area contributed by atoms with Crippen molar-refractivity contribution in [3.8, 4) is 0 Å². The summed E-state index contributed by atoms with van der Waals surface area (Å²) < 4.78 is 0. The zero-order valence-electron chi connectivity index (χ0n) is 8.72. The largest absolute Gasteiger partial charge is 0.351 e. The second kappa shape index (κ2) is 6.88. The van der Waals surface area contributed by atoms with Crippen LogP contribution in [0.1, 0.15) is 6.92 Å². The zero-order chi connectivity index (χ0) is 9.10. The Bertz CT molecular complexity index is 269. The number of aromatic nitrogens is 1. The Morgan fingerprint density at radius 2 is 2.20 bits per heavy atom. The van der Waals surface area contributed by atoms with Gasteiger partial charge in [-0.05, 0) is 19.1 Å². The molecule has 1 aromatic heterocycles. The molecule has 0 radical (unpaired) electrons. The van der Waals surface area contributed by atoms with Crippen molar-refractivity contribution in [2.75, 3.05) is 24.5 Å². The van der Waals surface area contributed by atoms with Gasteiger partial charge in [0.15, 0.2) is 0 Å². The van der Waals surface area contributed by atoms with Crippen LogP contribution in [0.3, 0.4) is 0 Å². The molecule has 1 saturated heterocycles. The highest BCUT2D eigenvalue weighted by Crippen LogP contribution is 2.13. The lowest BCUT2D eigenvalue weighted by molar-refractivity contribution is 0.497. The summed E-state index contributed by atoms with van der Waals surface area (Å²) >= 11 is 0. The molecular weight excluding hydrogens is 233 g/mol. The fraction of sp³-hybridized carbons (Fsp3) is 0.500. The maximum absolute atomic E-state index is 4.35. The van der Waals surface area contributed by atoms with Gasteiger partial charge in [-0.3, -0.25) is 0 Å². The van der Waals surface area contributed by atoms with Gasteiger partial charge in [0.05, 0.1) is 0 Å². The number of nitrogens with one attached hydrogen (secondary N) is 1. The first-order valence-electron chi connectivity index (χ1n) is 4.76. The molecule has 1 atom stereocenters. The number of rotatable bonds is 1. The Balaban J connectivity index is 0.000000980. The van der Waals surface area contributed by atoms with E-state index in [9.17, 15) is 0 Å². The van der Waals surface area contributed by atoms with E-state index in [2.05, 4.69) is 28.2 Å². The van der Waals surface area contributed by atoms with E-state index in [0.717, 1.165) is 25.5 Å². The molecule has 1 aromatic rings. The van der Waals surface area contributed by atoms with Gasteiger partial charge in [-0.1, -0.05) is 6.07 Å². The molecule has 15 heavy (non-hydrogen) atoms. The lowest BCUT2D eigenvalue weighted by Gasteiger charge is -2.34. The standard InChI is InChI=1S/C10H15N3.2ClH/c1-9-8-11-6-7-13(9)10-4-2-3-5-12-10;;/h2-5,9,11H,6-8H2,1H3;2*1H/t9-;;/m0../s1. The molecule has 1 fully saturated rings. The summed E-state index contributed by atoms with van der Waals surface area (Å²) in [5.74, 6) is 1.09. The van der Waals surface area contributed by atoms with Crippen LogP contribution >= 0.6 is 24.8 Å². The molecule has 0 aromatic carbocycles. The van der Waals surface area contributed by atoms with Crippen molar-refractivity contribution in [2.24, 2.45) is 0 Å². The zero-order valence-corrected chi connectivity index (χ0v) is 10.4. The summed E-state index contributed by atoms with van der Waals surface area (Å²) in [7, 11) is 0. The van der Waals surface area contributed by atoms with Crippen LogP contribution in [0, 0.1) is 0 Å². The van der Waals surface area contributed by atoms with Gasteiger partial charge in [0.2, 0.25) is 0 Å². The van der Waals surface area contributed by atoms with E-state index in [4.69, 9.17) is 0 Å². The van der Waals surface area contributed by atoms with Gasteiger partial charge in [0, 0.05) is 31.9 Å². The third-order valence-electron chi connectivity index (χ3n) is 2.44. The smallest absolute Gasteiger partial charge is 0.128 e. The van der Waals surface area contributed by atoms with Gasteiger partial charge in [-0.2, -0.15) is 0 Å². The van der Waals surface area contributed by atoms with E-state index in [0.29, 0.717) is 6.04 Å². The summed E-state index contributed by atoms with van der Waals surface area (Å²) in [5.41, 5.74) is 0. The normalized spacial score (nSPS) is 20.1. The predicted molar refractivity (Wildman–Crippen MR) is 68.4 cm³/mol. The molecule has 2 heterocycles. The summed E-state index contributed by atoms with van der Waals surface area (Å²) in [4.78, 5) is 6.69. The molecule has 0 bridgehead atoms. The van der Waals surface area contributed by atoms with Crippen LogP contribution in [0.2, 0.25) is 0 Å². The van der Waals surface area contributed by atoms with Crippen molar-refractivity contribution in [3.63, 3.8) is 0 Å². The third-order valence-corrected chi connectivity index (χ3v) is 2.44. The minimum atomic E-state index is 0. The number of nitrogens with zero attached hydrogens (tertiary/aromatic N) is 2. The highest BCUT2D eigenvalue weighted by atomic mass is 35.5. The topological polar surface area (TPSA) is 28.2 Å². The van der Waals surface area contributed by atoms with Gasteiger partial charge >= 0.3 is 0 Å². The lowest BCUT2D eigenvalue weighted by atomic mass is 10.2. The third kappa shape index (κ3) is 3.52. The summed E-state index contributed by atoms with van der Waals surface area (Å²) in [5, 5.41) is 3.36. The fourth-order valence-corrected chi connectivity index (χ4v) is 1.71. The minimum absolute atomic E-state index is 0. The van der Waals surface area contributed by atoms with Crippen LogP contribution in [0.15, 0.2) is 24.4 Å². The molecule has 0 saturated carbocycles. The Labute approximate surface area is 103 Å². The second-order valence-corrected chi connectivity index (χ2v) is 3.43. The first-order valence-corrected chi connectivity index (χ1v) is 4.76. The van der Waals surface area contributed by atoms with Gasteiger partial charge in [-0.25, -0.2) is 4.98 Å². The number of pyridine rings is 1. The molecular formula is C10H17Cl2N3. The van der Waals surface area contributed by atoms with Crippen molar-refractivity contribution in [2.45, 2.75) is 13.0 Å². The van der Waals surface area contributed by atoms with Crippen molar-refractivity contribution < 1.29 is 0 Å². The van der Waals surface area contributed by atoms with Crippen molar-refractivity contribution in [3.05, 3.63) is 24.4 Å². The Kier molecular flexibility index (Phi) is 6.65. The van der Waals surface area contributed by atoms with Gasteiger partial charge in [-0.15, -0.1) is 24.8 Å². The van der Waals surface area contributed by atoms with Gasteiger partial charge < -0.3 is 10.2 Å². The lowest BCUT2D eigenvalue weighted by Crippen LogP contribution is -2.50. The van der Waals surface area contributed by atoms with Crippen LogP contribution in [-0.2, 0) is 0 Å². The molecule has 0 amide bonds. The van der Waals surface area contributed by atoms with Crippen LogP contribution < -0.4 is 10.2 Å². The summed E-state index contributed by atoms with van der Waals surface area (Å²) in [6, 6.07) is 6.61. The van der Waals surface area contributed by atoms with E-state index in [1.807, 2.05) is 18.3 Å². The Hall–Kier alpha value is -0.510. The Morgan fingerprint density at radius 1 is 1.40 bits per heavy atom. The molecule has 0 aliphatic carbocycles. The molecule has 2 rings (SSSR count). The first-order chi connectivity index (χ1) is 6.38. The average molecular weight is 250 g/mol. The number of anilines is 1. The van der Waals surface area contributed by atoms with Gasteiger partial charge in [0.25, 0.3) is 0 Å². The van der Waals surface area contributed by atoms with Crippen LogP contribution in [0.4, 0.5) is 5.82 Å². The number of hydrogen-bond acceptors (Lipinski definition) is 3. The van der Waals surface area contributed by atoms with E-state index >= 15 is 0 Å². The minimum Gasteiger partial charge on any atom is -0.351 e. The number of hydrogen-bond donors (Lipinski definition) is 1. The first kappa shape index (κ1) is 14.5. The van der Waals surface area contributed by atoms with E-state index in [-0.39, 0.29) is 24.8 Å². The molecule has 3 nitrogen and oxygen atoms in total. The van der Waals surface area contributed by atoms with Crippen LogP contribution in [-0.4, -0.2) is 30.7 Å². The fourth-order valence-electron chi connectivity index (χ4n) is 1.71. The van der Waals surface area contributed by atoms with E-state index in [1.54, 1.807) is 0 Å². The maximum Gasteiger partial charge on any atom is 0.128 e. The van der Waals surface area contributed by atoms with E-state index < -0.39 is 0 Å². The van der Waals surface area contributed by atoms with Gasteiger partial charge in [0.1, 0.15) is 5.82 Å². The maximum atomic E-state index is 4.35. The monoisotopic (exact) mass is 249 g/mol. The summed E-state index contributed by atoms with van der Waals surface area (Å²) in [6.07, 6.45) is 1.85. The number of halogens is 2.